The molecule has 1 atom stereocenters. The number of esters is 1. The molecule has 1 N–H and O–H groups in total. The molecule has 1 aliphatic heterocycles. The zero-order valence-electron chi connectivity index (χ0n) is 16.4. The number of carbonyl (C=O) groups is 2. The highest BCUT2D eigenvalue weighted by atomic mass is 16.5. The Bertz CT molecular complexity index is 810. The maximum atomic E-state index is 12.8. The van der Waals surface area contributed by atoms with Crippen molar-refractivity contribution in [1.82, 2.24) is 9.80 Å². The third-order valence-electron chi connectivity index (χ3n) is 5.07. The molecule has 2 amide bonds. The number of benzene rings is 2. The number of rotatable bonds is 6. The minimum absolute atomic E-state index is 0.143. The predicted octanol–water partition coefficient (Wildman–Crippen LogP) is 3.60. The monoisotopic (exact) mass is 381 g/mol. The van der Waals surface area contributed by atoms with Crippen molar-refractivity contribution in [1.29, 1.82) is 0 Å². The van der Waals surface area contributed by atoms with Crippen LogP contribution in [0.2, 0.25) is 0 Å². The Kier molecular flexibility index (Phi) is 6.66. The van der Waals surface area contributed by atoms with Gasteiger partial charge in [0.15, 0.2) is 0 Å². The molecule has 2 aromatic rings. The van der Waals surface area contributed by atoms with Crippen LogP contribution in [0, 0.1) is 0 Å². The van der Waals surface area contributed by atoms with E-state index in [1.807, 2.05) is 17.9 Å². The number of anilines is 1. The molecule has 1 fully saturated rings. The number of ether oxygens (including phenoxy) is 1. The summed E-state index contributed by atoms with van der Waals surface area (Å²) in [6, 6.07) is 17.2. The summed E-state index contributed by atoms with van der Waals surface area (Å²) in [5.74, 6) is -0.421. The summed E-state index contributed by atoms with van der Waals surface area (Å²) in [5, 5.41) is 2.91. The van der Waals surface area contributed by atoms with Crippen LogP contribution in [0.15, 0.2) is 54.6 Å². The molecule has 1 aliphatic rings. The van der Waals surface area contributed by atoms with Gasteiger partial charge in [0.2, 0.25) is 0 Å². The summed E-state index contributed by atoms with van der Waals surface area (Å²) in [6.07, 6.45) is 0.955. The molecule has 1 heterocycles. The van der Waals surface area contributed by atoms with E-state index < -0.39 is 5.97 Å². The fraction of sp³-hybridized carbons (Fsp3) is 0.364. The molecule has 28 heavy (non-hydrogen) atoms. The lowest BCUT2D eigenvalue weighted by Gasteiger charge is -2.28. The van der Waals surface area contributed by atoms with Crippen molar-refractivity contribution < 1.29 is 14.3 Å². The van der Waals surface area contributed by atoms with Crippen molar-refractivity contribution in [2.24, 2.45) is 0 Å². The number of nitrogens with zero attached hydrogens (tertiary/aromatic N) is 2. The molecule has 6 heteroatoms. The maximum Gasteiger partial charge on any atom is 0.337 e. The number of hydrogen-bond acceptors (Lipinski definition) is 4. The summed E-state index contributed by atoms with van der Waals surface area (Å²) in [7, 11) is 1.34. The summed E-state index contributed by atoms with van der Waals surface area (Å²) in [6.45, 7) is 5.36. The summed E-state index contributed by atoms with van der Waals surface area (Å²) in [5.41, 5.74) is 2.29. The molecular weight excluding hydrogens is 354 g/mol. The van der Waals surface area contributed by atoms with E-state index in [1.54, 1.807) is 24.3 Å². The largest absolute Gasteiger partial charge is 0.465 e. The average molecular weight is 381 g/mol. The second-order valence-corrected chi connectivity index (χ2v) is 6.95. The van der Waals surface area contributed by atoms with Gasteiger partial charge in [-0.2, -0.15) is 0 Å². The molecule has 0 bridgehead atoms. The Morgan fingerprint density at radius 1 is 1.18 bits per heavy atom. The van der Waals surface area contributed by atoms with Crippen molar-refractivity contribution in [2.75, 3.05) is 32.1 Å². The fourth-order valence-corrected chi connectivity index (χ4v) is 3.66. The van der Waals surface area contributed by atoms with E-state index in [0.717, 1.165) is 26.1 Å². The van der Waals surface area contributed by atoms with E-state index in [0.29, 0.717) is 17.8 Å². The number of amides is 2. The third-order valence-corrected chi connectivity index (χ3v) is 5.07. The third kappa shape index (κ3) is 4.89. The molecule has 2 aromatic carbocycles. The highest BCUT2D eigenvalue weighted by Crippen LogP contribution is 2.20. The van der Waals surface area contributed by atoms with Gasteiger partial charge in [0.1, 0.15) is 0 Å². The number of hydrogen-bond donors (Lipinski definition) is 1. The van der Waals surface area contributed by atoms with Crippen LogP contribution in [-0.2, 0) is 11.3 Å². The van der Waals surface area contributed by atoms with Crippen molar-refractivity contribution >= 4 is 17.7 Å². The summed E-state index contributed by atoms with van der Waals surface area (Å²) < 4.78 is 4.74. The van der Waals surface area contributed by atoms with Gasteiger partial charge in [0.25, 0.3) is 0 Å². The number of urea groups is 1. The molecule has 0 aromatic heterocycles. The number of nitrogens with one attached hydrogen (secondary N) is 1. The first kappa shape index (κ1) is 19.9. The van der Waals surface area contributed by atoms with Crippen molar-refractivity contribution in [3.05, 3.63) is 65.7 Å². The van der Waals surface area contributed by atoms with Gasteiger partial charge in [-0.25, -0.2) is 9.59 Å². The second kappa shape index (κ2) is 9.37. The Labute approximate surface area is 166 Å². The minimum atomic E-state index is -0.421. The maximum absolute atomic E-state index is 12.8. The van der Waals surface area contributed by atoms with Gasteiger partial charge >= 0.3 is 12.0 Å². The van der Waals surface area contributed by atoms with Gasteiger partial charge in [-0.1, -0.05) is 36.4 Å². The first-order chi connectivity index (χ1) is 13.6. The van der Waals surface area contributed by atoms with E-state index in [2.05, 4.69) is 34.5 Å². The molecule has 0 radical (unpaired) electrons. The van der Waals surface area contributed by atoms with E-state index >= 15 is 0 Å². The van der Waals surface area contributed by atoms with Crippen LogP contribution >= 0.6 is 0 Å². The van der Waals surface area contributed by atoms with Crippen molar-refractivity contribution in [3.8, 4) is 0 Å². The van der Waals surface area contributed by atoms with Crippen LogP contribution in [0.25, 0.3) is 0 Å². The molecule has 3 rings (SSSR count). The molecule has 1 unspecified atom stereocenters. The van der Waals surface area contributed by atoms with E-state index in [9.17, 15) is 9.59 Å². The first-order valence-corrected chi connectivity index (χ1v) is 9.63. The SMILES string of the molecule is CCN(C(=O)Nc1cccc(C(=O)OC)c1)C1CCN(Cc2ccccc2)C1. The van der Waals surface area contributed by atoms with Crippen LogP contribution in [0.3, 0.4) is 0 Å². The highest BCUT2D eigenvalue weighted by molar-refractivity contribution is 5.94. The van der Waals surface area contributed by atoms with Crippen LogP contribution < -0.4 is 5.32 Å². The Balaban J connectivity index is 1.60. The Morgan fingerprint density at radius 3 is 2.68 bits per heavy atom. The van der Waals surface area contributed by atoms with Crippen molar-refractivity contribution in [3.63, 3.8) is 0 Å². The highest BCUT2D eigenvalue weighted by Gasteiger charge is 2.29. The Hall–Kier alpha value is -2.86. The van der Waals surface area contributed by atoms with Gasteiger partial charge in [-0.3, -0.25) is 4.90 Å². The van der Waals surface area contributed by atoms with Gasteiger partial charge in [-0.15, -0.1) is 0 Å². The van der Waals surface area contributed by atoms with E-state index in [-0.39, 0.29) is 12.1 Å². The summed E-state index contributed by atoms with van der Waals surface area (Å²) >= 11 is 0. The molecule has 1 saturated heterocycles. The van der Waals surface area contributed by atoms with Crippen LogP contribution in [0.5, 0.6) is 0 Å². The molecular formula is C22H27N3O3. The first-order valence-electron chi connectivity index (χ1n) is 9.63. The quantitative estimate of drug-likeness (QED) is 0.777. The van der Waals surface area contributed by atoms with Crippen LogP contribution in [0.4, 0.5) is 10.5 Å². The van der Waals surface area contributed by atoms with Gasteiger partial charge < -0.3 is 15.0 Å². The Morgan fingerprint density at radius 2 is 1.96 bits per heavy atom. The minimum Gasteiger partial charge on any atom is -0.465 e. The van der Waals surface area contributed by atoms with E-state index in [1.165, 1.54) is 12.7 Å². The number of carbonyl (C=O) groups excluding carboxylic acids is 2. The lowest BCUT2D eigenvalue weighted by atomic mass is 10.2. The molecule has 0 saturated carbocycles. The van der Waals surface area contributed by atoms with Gasteiger partial charge in [-0.05, 0) is 37.1 Å². The summed E-state index contributed by atoms with van der Waals surface area (Å²) in [4.78, 5) is 28.8. The lowest BCUT2D eigenvalue weighted by Crippen LogP contribution is -2.44. The number of likely N-dealkylation sites (tertiary alicyclic amines) is 1. The number of likely N-dealkylation sites (N-methyl/N-ethyl adjacent to an activating group) is 1. The van der Waals surface area contributed by atoms with Crippen LogP contribution in [0.1, 0.15) is 29.3 Å². The van der Waals surface area contributed by atoms with Gasteiger partial charge in [0, 0.05) is 37.9 Å². The zero-order chi connectivity index (χ0) is 19.9. The number of methoxy groups -OCH3 is 1. The molecule has 6 nitrogen and oxygen atoms in total. The van der Waals surface area contributed by atoms with Gasteiger partial charge in [0.05, 0.1) is 12.7 Å². The second-order valence-electron chi connectivity index (χ2n) is 6.95. The van der Waals surface area contributed by atoms with E-state index in [4.69, 9.17) is 4.74 Å². The lowest BCUT2D eigenvalue weighted by molar-refractivity contribution is 0.0600. The fourth-order valence-electron chi connectivity index (χ4n) is 3.66. The average Bonchev–Trinajstić information content (AvgIpc) is 3.16. The molecule has 148 valence electrons. The molecule has 0 aliphatic carbocycles. The smallest absolute Gasteiger partial charge is 0.337 e. The molecule has 0 spiro atoms. The normalized spacial score (nSPS) is 16.6. The standard InChI is InChI=1S/C22H27N3O3/c1-3-25(20-12-13-24(16-20)15-17-8-5-4-6-9-17)22(27)23-19-11-7-10-18(14-19)21(26)28-2/h4-11,14,20H,3,12-13,15-16H2,1-2H3,(H,23,27). The van der Waals surface area contributed by atoms with Crippen LogP contribution in [-0.4, -0.2) is 54.6 Å². The zero-order valence-corrected chi connectivity index (χ0v) is 16.4. The van der Waals surface area contributed by atoms with Crippen molar-refractivity contribution in [2.45, 2.75) is 25.9 Å². The predicted molar refractivity (Wildman–Crippen MR) is 109 cm³/mol. The topological polar surface area (TPSA) is 61.9 Å².